The molecule has 0 amide bonds. The van der Waals surface area contributed by atoms with Crippen LogP contribution in [0.3, 0.4) is 0 Å². The van der Waals surface area contributed by atoms with Crippen molar-refractivity contribution in [3.8, 4) is 28.0 Å². The van der Waals surface area contributed by atoms with Crippen molar-refractivity contribution in [1.82, 2.24) is 0 Å². The third kappa shape index (κ3) is 6.69. The van der Waals surface area contributed by atoms with Crippen LogP contribution < -0.4 is 4.74 Å². The Labute approximate surface area is 242 Å². The lowest BCUT2D eigenvalue weighted by Crippen LogP contribution is -2.22. The number of hydrogen-bond donors (Lipinski definition) is 0. The Morgan fingerprint density at radius 1 is 0.756 bits per heavy atom. The van der Waals surface area contributed by atoms with Crippen molar-refractivity contribution in [2.45, 2.75) is 57.8 Å². The third-order valence-corrected chi connectivity index (χ3v) is 8.97. The van der Waals surface area contributed by atoms with Crippen LogP contribution in [0, 0.1) is 35.2 Å². The summed E-state index contributed by atoms with van der Waals surface area (Å²) in [5.41, 5.74) is 4.05. The van der Waals surface area contributed by atoms with Crippen LogP contribution in [-0.2, 0) is 0 Å². The molecule has 0 heterocycles. The average Bonchev–Trinajstić information content (AvgIpc) is 3.01. The number of allylic oxidation sites excluding steroid dienone is 4. The van der Waals surface area contributed by atoms with Crippen LogP contribution >= 0.6 is 0 Å². The molecule has 2 aliphatic carbocycles. The first-order valence-electron chi connectivity index (χ1n) is 14.9. The summed E-state index contributed by atoms with van der Waals surface area (Å²) in [6.45, 7) is 7.89. The minimum Gasteiger partial charge on any atom is -0.490 e. The van der Waals surface area contributed by atoms with Gasteiger partial charge in [-0.05, 0) is 116 Å². The van der Waals surface area contributed by atoms with Crippen LogP contribution in [0.1, 0.15) is 63.4 Å². The monoisotopic (exact) mass is 556 g/mol. The molecule has 1 nitrogen and oxygen atoms in total. The van der Waals surface area contributed by atoms with Crippen molar-refractivity contribution in [2.75, 3.05) is 6.61 Å². The summed E-state index contributed by atoms with van der Waals surface area (Å²) in [5.74, 6) is -0.0926. The molecular weight excluding hydrogens is 517 g/mol. The highest BCUT2D eigenvalue weighted by Crippen LogP contribution is 2.42. The second-order valence-corrected chi connectivity index (χ2v) is 11.5. The molecule has 0 N–H and O–H groups in total. The van der Waals surface area contributed by atoms with Crippen LogP contribution in [0.4, 0.5) is 13.2 Å². The quantitative estimate of drug-likeness (QED) is 0.178. The SMILES string of the molecule is C=CCCCOc1ccc(-c2ccc(-c3ccc(C4=CCC(C5CCC(C=C)CC5)CC4)c(F)c3)cc2)c(F)c1F. The molecule has 0 aliphatic heterocycles. The molecule has 1 fully saturated rings. The lowest BCUT2D eigenvalue weighted by atomic mass is 9.71. The van der Waals surface area contributed by atoms with E-state index in [0.29, 0.717) is 36.0 Å². The normalized spacial score (nSPS) is 20.8. The summed E-state index contributed by atoms with van der Waals surface area (Å²) >= 11 is 0. The van der Waals surface area contributed by atoms with Crippen LogP contribution in [-0.4, -0.2) is 6.61 Å². The highest BCUT2D eigenvalue weighted by molar-refractivity contribution is 5.74. The minimum absolute atomic E-state index is 0.0956. The Morgan fingerprint density at radius 2 is 1.46 bits per heavy atom. The maximum atomic E-state index is 15.3. The Kier molecular flexibility index (Phi) is 9.49. The largest absolute Gasteiger partial charge is 0.490 e. The molecule has 1 saturated carbocycles. The molecule has 41 heavy (non-hydrogen) atoms. The van der Waals surface area contributed by atoms with E-state index >= 15 is 4.39 Å². The van der Waals surface area contributed by atoms with E-state index in [-0.39, 0.29) is 17.1 Å². The topological polar surface area (TPSA) is 9.23 Å². The number of ether oxygens (including phenoxy) is 1. The molecule has 1 atom stereocenters. The predicted octanol–water partition coefficient (Wildman–Crippen LogP) is 11.0. The van der Waals surface area contributed by atoms with Crippen LogP contribution in [0.15, 0.2) is 86.0 Å². The van der Waals surface area contributed by atoms with E-state index in [0.717, 1.165) is 48.3 Å². The van der Waals surface area contributed by atoms with E-state index in [1.165, 1.54) is 37.8 Å². The van der Waals surface area contributed by atoms with Crippen molar-refractivity contribution < 1.29 is 17.9 Å². The second-order valence-electron chi connectivity index (χ2n) is 11.5. The highest BCUT2D eigenvalue weighted by atomic mass is 19.2. The van der Waals surface area contributed by atoms with Crippen molar-refractivity contribution in [3.63, 3.8) is 0 Å². The third-order valence-electron chi connectivity index (χ3n) is 8.97. The molecule has 4 heteroatoms. The molecule has 5 rings (SSSR count). The zero-order valence-electron chi connectivity index (χ0n) is 23.7. The predicted molar refractivity (Wildman–Crippen MR) is 163 cm³/mol. The lowest BCUT2D eigenvalue weighted by molar-refractivity contribution is 0.212. The fourth-order valence-electron chi connectivity index (χ4n) is 6.45. The number of halogens is 3. The van der Waals surface area contributed by atoms with Crippen molar-refractivity contribution in [1.29, 1.82) is 0 Å². The molecular formula is C37H39F3O. The first kappa shape index (κ1) is 29.0. The van der Waals surface area contributed by atoms with E-state index in [9.17, 15) is 8.78 Å². The van der Waals surface area contributed by atoms with Gasteiger partial charge in [-0.2, -0.15) is 4.39 Å². The van der Waals surface area contributed by atoms with Crippen molar-refractivity contribution in [3.05, 3.63) is 109 Å². The molecule has 0 bridgehead atoms. The molecule has 0 aromatic heterocycles. The maximum absolute atomic E-state index is 15.3. The highest BCUT2D eigenvalue weighted by Gasteiger charge is 2.28. The molecule has 214 valence electrons. The molecule has 0 spiro atoms. The van der Waals surface area contributed by atoms with E-state index in [4.69, 9.17) is 4.74 Å². The second kappa shape index (κ2) is 13.4. The van der Waals surface area contributed by atoms with Gasteiger partial charge in [0.1, 0.15) is 5.82 Å². The first-order chi connectivity index (χ1) is 20.0. The van der Waals surface area contributed by atoms with E-state index < -0.39 is 11.6 Å². The summed E-state index contributed by atoms with van der Waals surface area (Å²) in [6.07, 6.45) is 15.7. The summed E-state index contributed by atoms with van der Waals surface area (Å²) in [7, 11) is 0. The minimum atomic E-state index is -0.994. The van der Waals surface area contributed by atoms with Gasteiger partial charge >= 0.3 is 0 Å². The van der Waals surface area contributed by atoms with Gasteiger partial charge in [0.15, 0.2) is 11.6 Å². The van der Waals surface area contributed by atoms with Crippen LogP contribution in [0.2, 0.25) is 0 Å². The summed E-state index contributed by atoms with van der Waals surface area (Å²) in [5, 5.41) is 0. The van der Waals surface area contributed by atoms with Gasteiger partial charge in [0, 0.05) is 11.1 Å². The molecule has 3 aromatic rings. The lowest BCUT2D eigenvalue weighted by Gasteiger charge is -2.34. The van der Waals surface area contributed by atoms with E-state index in [1.807, 2.05) is 24.3 Å². The summed E-state index contributed by atoms with van der Waals surface area (Å²) in [4.78, 5) is 0. The smallest absolute Gasteiger partial charge is 0.201 e. The van der Waals surface area contributed by atoms with Gasteiger partial charge in [0.05, 0.1) is 6.61 Å². The fraction of sp³-hybridized carbons (Fsp3) is 0.351. The van der Waals surface area contributed by atoms with E-state index in [1.54, 1.807) is 24.3 Å². The molecule has 3 aromatic carbocycles. The molecule has 1 unspecified atom stereocenters. The van der Waals surface area contributed by atoms with Gasteiger partial charge in [0.2, 0.25) is 5.82 Å². The number of unbranched alkanes of at least 4 members (excludes halogenated alkanes) is 1. The zero-order valence-corrected chi connectivity index (χ0v) is 23.7. The van der Waals surface area contributed by atoms with Gasteiger partial charge in [-0.1, -0.05) is 54.6 Å². The Bertz CT molecular complexity index is 1400. The average molecular weight is 557 g/mol. The molecule has 0 saturated heterocycles. The Balaban J connectivity index is 1.24. The molecule has 2 aliphatic rings. The van der Waals surface area contributed by atoms with Gasteiger partial charge in [0.25, 0.3) is 0 Å². The number of hydrogen-bond acceptors (Lipinski definition) is 1. The van der Waals surface area contributed by atoms with Crippen LogP contribution in [0.5, 0.6) is 5.75 Å². The summed E-state index contributed by atoms with van der Waals surface area (Å²) < 4.78 is 50.2. The van der Waals surface area contributed by atoms with Crippen molar-refractivity contribution >= 4 is 5.57 Å². The van der Waals surface area contributed by atoms with E-state index in [2.05, 4.69) is 25.3 Å². The van der Waals surface area contributed by atoms with Crippen molar-refractivity contribution in [2.24, 2.45) is 17.8 Å². The number of rotatable bonds is 10. The Morgan fingerprint density at radius 3 is 2.12 bits per heavy atom. The van der Waals surface area contributed by atoms with Gasteiger partial charge in [-0.3, -0.25) is 0 Å². The summed E-state index contributed by atoms with van der Waals surface area (Å²) in [6, 6.07) is 15.5. The first-order valence-corrected chi connectivity index (χ1v) is 14.9. The van der Waals surface area contributed by atoms with Gasteiger partial charge in [-0.15, -0.1) is 13.2 Å². The zero-order chi connectivity index (χ0) is 28.8. The van der Waals surface area contributed by atoms with Gasteiger partial charge in [-0.25, -0.2) is 8.78 Å². The number of benzene rings is 3. The maximum Gasteiger partial charge on any atom is 0.201 e. The van der Waals surface area contributed by atoms with Gasteiger partial charge < -0.3 is 4.74 Å². The Hall–Kier alpha value is -3.53. The standard InChI is InChI=1S/C37H39F3O/c1-3-5-6-23-41-35-22-21-33(36(39)37(35)40)30-17-13-28(14-18-30)31-19-20-32(34(38)24-31)29-15-11-27(12-16-29)26-9-7-25(4-2)8-10-26/h3-4,13-15,17-22,24-27H,1-2,5-12,16,23H2. The fourth-order valence-corrected chi connectivity index (χ4v) is 6.45. The molecule has 0 radical (unpaired) electrons. The van der Waals surface area contributed by atoms with Crippen LogP contribution in [0.25, 0.3) is 27.8 Å².